The molecule has 0 aromatic heterocycles. The largest absolute Gasteiger partial charge is 0.362 e. The molecule has 212 valence electrons. The number of carbonyl (C=O) groups is 3. The number of allylic oxidation sites excluding steroid dienone is 2. The molecule has 10 atom stereocenters. The predicted molar refractivity (Wildman–Crippen MR) is 139 cm³/mol. The highest BCUT2D eigenvalue weighted by Gasteiger charge is 2.78. The average molecular weight is 541 g/mol. The van der Waals surface area contributed by atoms with E-state index in [0.717, 1.165) is 44.1 Å². The Kier molecular flexibility index (Phi) is 6.03. The van der Waals surface area contributed by atoms with Crippen molar-refractivity contribution in [3.8, 4) is 0 Å². The molecule has 3 saturated carbocycles. The van der Waals surface area contributed by atoms with E-state index >= 15 is 0 Å². The van der Waals surface area contributed by atoms with Gasteiger partial charge in [-0.3, -0.25) is 14.4 Å². The number of hydrogen-bond acceptors (Lipinski definition) is 8. The molecular weight excluding hydrogens is 500 g/mol. The number of Topliss-reactive ketones (excluding diaryl/α,β-unsaturated/α-hetero) is 1. The summed E-state index contributed by atoms with van der Waals surface area (Å²) in [5.41, 5.74) is 4.68. The van der Waals surface area contributed by atoms with Gasteiger partial charge in [-0.25, -0.2) is 0 Å². The van der Waals surface area contributed by atoms with E-state index in [1.165, 1.54) is 0 Å². The van der Waals surface area contributed by atoms with Crippen molar-refractivity contribution in [3.05, 3.63) is 23.8 Å². The van der Waals surface area contributed by atoms with Gasteiger partial charge in [-0.15, -0.1) is 0 Å². The zero-order valence-corrected chi connectivity index (χ0v) is 22.9. The summed E-state index contributed by atoms with van der Waals surface area (Å²) in [7, 11) is 0. The number of hydrogen-bond donors (Lipinski definition) is 1. The lowest BCUT2D eigenvalue weighted by molar-refractivity contribution is -0.300. The maximum Gasteiger partial charge on any atom is 0.238 e. The zero-order chi connectivity index (χ0) is 27.2. The molecule has 3 heterocycles. The van der Waals surface area contributed by atoms with Crippen molar-refractivity contribution in [1.29, 1.82) is 0 Å². The molecule has 7 aliphatic rings. The summed E-state index contributed by atoms with van der Waals surface area (Å²) in [6.07, 6.45) is 10.7. The number of ether oxygens (including phenoxy) is 4. The maximum absolute atomic E-state index is 14.3. The second-order valence-corrected chi connectivity index (χ2v) is 12.9. The summed E-state index contributed by atoms with van der Waals surface area (Å²) in [5, 5.41) is 0. The molecule has 7 rings (SSSR count). The third-order valence-corrected chi connectivity index (χ3v) is 11.2. The van der Waals surface area contributed by atoms with Crippen LogP contribution in [-0.2, 0) is 33.3 Å². The number of fused-ring (bicyclic) bond motifs is 4. The second kappa shape index (κ2) is 9.05. The van der Waals surface area contributed by atoms with Crippen LogP contribution in [0, 0.1) is 23.2 Å². The summed E-state index contributed by atoms with van der Waals surface area (Å²) in [5.74, 6) is 0.705. The van der Waals surface area contributed by atoms with E-state index < -0.39 is 29.1 Å². The summed E-state index contributed by atoms with van der Waals surface area (Å²) in [6.45, 7) is 4.71. The van der Waals surface area contributed by atoms with Gasteiger partial charge in [0.15, 0.2) is 23.5 Å². The van der Waals surface area contributed by atoms with E-state index in [2.05, 4.69) is 13.8 Å². The van der Waals surface area contributed by atoms with E-state index in [-0.39, 0.29) is 48.8 Å². The summed E-state index contributed by atoms with van der Waals surface area (Å²) < 4.78 is 26.1. The topological polar surface area (TPSA) is 117 Å². The van der Waals surface area contributed by atoms with Crippen molar-refractivity contribution < 1.29 is 33.3 Å². The Bertz CT molecular complexity index is 1150. The fourth-order valence-corrected chi connectivity index (χ4v) is 9.64. The minimum absolute atomic E-state index is 0.00321. The van der Waals surface area contributed by atoms with Gasteiger partial charge in [0, 0.05) is 17.9 Å². The molecule has 1 amide bonds. The fraction of sp³-hybridized carbons (Fsp3) is 0.767. The maximum atomic E-state index is 14.3. The average Bonchev–Trinajstić information content (AvgIpc) is 3.58. The van der Waals surface area contributed by atoms with E-state index in [1.807, 2.05) is 6.08 Å². The monoisotopic (exact) mass is 540 g/mol. The number of ketones is 2. The first-order valence-electron chi connectivity index (χ1n) is 14.9. The molecule has 9 heteroatoms. The third kappa shape index (κ3) is 3.40. The minimum Gasteiger partial charge on any atom is -0.362 e. The molecule has 0 radical (unpaired) electrons. The number of amides is 1. The number of rotatable bonds is 7. The zero-order valence-electron chi connectivity index (χ0n) is 22.9. The number of nitrogens with two attached hydrogens (primary N) is 1. The summed E-state index contributed by atoms with van der Waals surface area (Å²) in [4.78, 5) is 40.4. The van der Waals surface area contributed by atoms with Crippen LogP contribution in [0.15, 0.2) is 23.8 Å². The van der Waals surface area contributed by atoms with Crippen LogP contribution in [0.25, 0.3) is 0 Å². The van der Waals surface area contributed by atoms with Gasteiger partial charge in [0.05, 0.1) is 18.8 Å². The molecule has 3 aliphatic heterocycles. The van der Waals surface area contributed by atoms with Crippen molar-refractivity contribution in [2.24, 2.45) is 28.9 Å². The van der Waals surface area contributed by atoms with Gasteiger partial charge >= 0.3 is 0 Å². The second-order valence-electron chi connectivity index (χ2n) is 12.9. The van der Waals surface area contributed by atoms with Crippen LogP contribution in [0.2, 0.25) is 0 Å². The number of likely N-dealkylation sites (tertiary alicyclic amines) is 1. The SMILES string of the molecule is CCCC1O[C@@H]2C[C@H]3[C@@H]4CCC5=CC(=O)C=C[C@@]56OC(C[C@]3(C)[C@]2(C(=O)COC2CCCN2C(=O)CN)O1)C46. The highest BCUT2D eigenvalue weighted by molar-refractivity contribution is 6.01. The van der Waals surface area contributed by atoms with Crippen LogP contribution in [-0.4, -0.2) is 78.0 Å². The van der Waals surface area contributed by atoms with Crippen molar-refractivity contribution in [2.75, 3.05) is 19.7 Å². The standard InChI is InChI=1S/C30H40N2O7/c1-3-5-26-37-23-13-20-19-8-7-17-12-18(33)9-10-29(17)27(19)21(38-29)14-28(20,2)30(23,39-26)22(34)16-36-25-6-4-11-32(25)24(35)15-31/h9-10,12,19-21,23,25-27H,3-8,11,13-16,31H2,1-2H3/t19-,20-,21?,23+,25?,26?,27?,28-,29+,30+/m0/s1. The van der Waals surface area contributed by atoms with Crippen LogP contribution in [0.4, 0.5) is 0 Å². The molecule has 2 N–H and O–H groups in total. The quantitative estimate of drug-likeness (QED) is 0.523. The Balaban J connectivity index is 1.18. The Morgan fingerprint density at radius 3 is 2.90 bits per heavy atom. The molecular formula is C30H40N2O7. The third-order valence-electron chi connectivity index (χ3n) is 11.2. The Morgan fingerprint density at radius 2 is 2.10 bits per heavy atom. The van der Waals surface area contributed by atoms with Crippen LogP contribution < -0.4 is 5.73 Å². The van der Waals surface area contributed by atoms with E-state index in [1.54, 1.807) is 17.1 Å². The Hall–Kier alpha value is -1.91. The predicted octanol–water partition coefficient (Wildman–Crippen LogP) is 2.42. The highest BCUT2D eigenvalue weighted by atomic mass is 16.7. The number of carbonyl (C=O) groups excluding carboxylic acids is 3. The van der Waals surface area contributed by atoms with E-state index in [0.29, 0.717) is 31.2 Å². The van der Waals surface area contributed by atoms with E-state index in [4.69, 9.17) is 24.7 Å². The molecule has 0 aromatic carbocycles. The van der Waals surface area contributed by atoms with Crippen LogP contribution in [0.5, 0.6) is 0 Å². The van der Waals surface area contributed by atoms with Gasteiger partial charge in [-0.2, -0.15) is 0 Å². The Labute approximate surface area is 229 Å². The summed E-state index contributed by atoms with van der Waals surface area (Å²) in [6, 6.07) is 0. The van der Waals surface area contributed by atoms with Gasteiger partial charge in [-0.1, -0.05) is 20.3 Å². The first-order valence-corrected chi connectivity index (χ1v) is 14.9. The van der Waals surface area contributed by atoms with Crippen LogP contribution >= 0.6 is 0 Å². The van der Waals surface area contributed by atoms with Crippen LogP contribution in [0.1, 0.15) is 65.2 Å². The lowest BCUT2D eigenvalue weighted by atomic mass is 9.46. The lowest BCUT2D eigenvalue weighted by Gasteiger charge is -2.68. The van der Waals surface area contributed by atoms with Crippen molar-refractivity contribution >= 4 is 17.5 Å². The first-order chi connectivity index (χ1) is 18.8. The molecule has 4 unspecified atom stereocenters. The normalized spacial score (nSPS) is 47.2. The van der Waals surface area contributed by atoms with Gasteiger partial charge in [-0.05, 0) is 80.6 Å². The molecule has 39 heavy (non-hydrogen) atoms. The van der Waals surface area contributed by atoms with Crippen molar-refractivity contribution in [1.82, 2.24) is 4.90 Å². The first kappa shape index (κ1) is 26.0. The van der Waals surface area contributed by atoms with Gasteiger partial charge < -0.3 is 29.6 Å². The van der Waals surface area contributed by atoms with Gasteiger partial charge in [0.2, 0.25) is 5.91 Å². The molecule has 9 nitrogen and oxygen atoms in total. The van der Waals surface area contributed by atoms with Crippen LogP contribution in [0.3, 0.4) is 0 Å². The lowest BCUT2D eigenvalue weighted by Crippen LogP contribution is -2.72. The van der Waals surface area contributed by atoms with Crippen molar-refractivity contribution in [2.45, 2.75) is 101 Å². The minimum atomic E-state index is -1.11. The molecule has 4 aliphatic carbocycles. The fourth-order valence-electron chi connectivity index (χ4n) is 9.64. The molecule has 3 saturated heterocycles. The highest BCUT2D eigenvalue weighted by Crippen LogP contribution is 2.72. The molecule has 1 spiro atoms. The Morgan fingerprint density at radius 1 is 1.26 bits per heavy atom. The van der Waals surface area contributed by atoms with Gasteiger partial charge in [0.25, 0.3) is 0 Å². The molecule has 6 fully saturated rings. The van der Waals surface area contributed by atoms with Crippen molar-refractivity contribution in [3.63, 3.8) is 0 Å². The molecule has 0 bridgehead atoms. The molecule has 0 aromatic rings. The number of nitrogens with zero attached hydrogens (tertiary/aromatic N) is 1. The smallest absolute Gasteiger partial charge is 0.238 e. The van der Waals surface area contributed by atoms with E-state index in [9.17, 15) is 14.4 Å². The summed E-state index contributed by atoms with van der Waals surface area (Å²) >= 11 is 0. The van der Waals surface area contributed by atoms with Gasteiger partial charge in [0.1, 0.15) is 18.4 Å².